The summed E-state index contributed by atoms with van der Waals surface area (Å²) in [5.74, 6) is 0.0242. The summed E-state index contributed by atoms with van der Waals surface area (Å²) in [4.78, 5) is 13.0. The minimum Gasteiger partial charge on any atom is -0.508 e. The molecule has 2 heterocycles. The van der Waals surface area contributed by atoms with Gasteiger partial charge in [-0.2, -0.15) is 0 Å². The van der Waals surface area contributed by atoms with E-state index in [1.165, 1.54) is 5.56 Å². The van der Waals surface area contributed by atoms with Crippen LogP contribution in [-0.4, -0.2) is 22.6 Å². The van der Waals surface area contributed by atoms with Crippen LogP contribution in [0, 0.1) is 13.8 Å². The number of carbonyl (C=O) groups is 1. The first kappa shape index (κ1) is 17.0. The number of Topliss-reactive ketones (excluding diaryl/α,β-unsaturated/α-hetero) is 1. The maximum atomic E-state index is 13.0. The average molecular weight is 348 g/mol. The molecule has 2 aliphatic rings. The molecule has 2 aliphatic heterocycles. The molecule has 0 saturated carbocycles. The number of aliphatic hydroxyl groups is 1. The van der Waals surface area contributed by atoms with Gasteiger partial charge in [0.25, 0.3) is 0 Å². The number of aliphatic hydroxyl groups excluding tert-OH is 1. The molecule has 3 heteroatoms. The van der Waals surface area contributed by atoms with Crippen LogP contribution in [-0.2, 0) is 9.53 Å². The molecule has 1 saturated heterocycles. The van der Waals surface area contributed by atoms with Gasteiger partial charge in [0.1, 0.15) is 17.5 Å². The van der Waals surface area contributed by atoms with Gasteiger partial charge in [-0.1, -0.05) is 48.9 Å². The van der Waals surface area contributed by atoms with E-state index in [9.17, 15) is 9.90 Å². The number of aryl methyl sites for hydroxylation is 2. The topological polar surface area (TPSA) is 46.5 Å². The Bertz CT molecular complexity index is 908. The normalized spacial score (nSPS) is 25.0. The second-order valence-corrected chi connectivity index (χ2v) is 7.48. The first-order chi connectivity index (χ1) is 12.4. The van der Waals surface area contributed by atoms with Crippen molar-refractivity contribution in [1.29, 1.82) is 0 Å². The van der Waals surface area contributed by atoms with Crippen LogP contribution in [0.2, 0.25) is 0 Å². The van der Waals surface area contributed by atoms with Crippen LogP contribution in [0.3, 0.4) is 0 Å². The first-order valence-electron chi connectivity index (χ1n) is 9.29. The van der Waals surface area contributed by atoms with E-state index >= 15 is 0 Å². The van der Waals surface area contributed by atoms with Crippen LogP contribution < -0.4 is 0 Å². The van der Waals surface area contributed by atoms with E-state index in [0.29, 0.717) is 24.8 Å². The largest absolute Gasteiger partial charge is 0.508 e. The van der Waals surface area contributed by atoms with Crippen molar-refractivity contribution in [2.24, 2.45) is 0 Å². The second kappa shape index (κ2) is 6.10. The van der Waals surface area contributed by atoms with Gasteiger partial charge in [-0.25, -0.2) is 0 Å². The second-order valence-electron chi connectivity index (χ2n) is 7.48. The van der Waals surface area contributed by atoms with Gasteiger partial charge in [-0.15, -0.1) is 0 Å². The average Bonchev–Trinajstić information content (AvgIpc) is 3.06. The molecule has 2 aromatic carbocycles. The summed E-state index contributed by atoms with van der Waals surface area (Å²) in [5, 5.41) is 11.0. The van der Waals surface area contributed by atoms with Gasteiger partial charge >= 0.3 is 0 Å². The molecule has 26 heavy (non-hydrogen) atoms. The van der Waals surface area contributed by atoms with Crippen LogP contribution in [0.25, 0.3) is 16.7 Å². The zero-order chi connectivity index (χ0) is 18.5. The van der Waals surface area contributed by atoms with E-state index < -0.39 is 11.7 Å². The van der Waals surface area contributed by atoms with Crippen LogP contribution in [0.5, 0.6) is 0 Å². The highest BCUT2D eigenvalue weighted by Gasteiger charge is 2.52. The number of benzene rings is 2. The van der Waals surface area contributed by atoms with Crippen LogP contribution >= 0.6 is 0 Å². The number of ketones is 1. The molecule has 2 aromatic rings. The quantitative estimate of drug-likeness (QED) is 0.834. The molecule has 0 unspecified atom stereocenters. The maximum absolute atomic E-state index is 13.0. The summed E-state index contributed by atoms with van der Waals surface area (Å²) in [7, 11) is 0. The summed E-state index contributed by atoms with van der Waals surface area (Å²) in [6.07, 6.45) is 1.62. The fourth-order valence-electron chi connectivity index (χ4n) is 4.12. The molecule has 1 N–H and O–H groups in total. The summed E-state index contributed by atoms with van der Waals surface area (Å²) in [5.41, 5.74) is 4.92. The van der Waals surface area contributed by atoms with E-state index in [0.717, 1.165) is 22.3 Å². The predicted octanol–water partition coefficient (Wildman–Crippen LogP) is 5.15. The molecular formula is C23H24O3. The molecular weight excluding hydrogens is 324 g/mol. The summed E-state index contributed by atoms with van der Waals surface area (Å²) in [6, 6.07) is 14.4. The predicted molar refractivity (Wildman–Crippen MR) is 103 cm³/mol. The lowest BCUT2D eigenvalue weighted by atomic mass is 9.86. The van der Waals surface area contributed by atoms with Gasteiger partial charge in [-0.05, 0) is 61.4 Å². The van der Waals surface area contributed by atoms with Crippen molar-refractivity contribution in [2.45, 2.75) is 51.7 Å². The van der Waals surface area contributed by atoms with E-state index in [4.69, 9.17) is 4.74 Å². The zero-order valence-corrected chi connectivity index (χ0v) is 15.5. The van der Waals surface area contributed by atoms with Crippen LogP contribution in [0.1, 0.15) is 42.9 Å². The number of carbonyl (C=O) groups excluding carboxylic acids is 1. The minimum atomic E-state index is -0.694. The zero-order valence-electron chi connectivity index (χ0n) is 15.5. The van der Waals surface area contributed by atoms with Gasteiger partial charge in [0.2, 0.25) is 0 Å². The third kappa shape index (κ3) is 2.50. The van der Waals surface area contributed by atoms with Crippen molar-refractivity contribution in [3.8, 4) is 11.1 Å². The molecule has 134 valence electrons. The molecule has 0 radical (unpaired) electrons. The Morgan fingerprint density at radius 1 is 1.12 bits per heavy atom. The number of ether oxygens (including phenoxy) is 1. The summed E-state index contributed by atoms with van der Waals surface area (Å²) < 4.78 is 5.92. The van der Waals surface area contributed by atoms with Crippen molar-refractivity contribution in [3.63, 3.8) is 0 Å². The summed E-state index contributed by atoms with van der Waals surface area (Å²) in [6.45, 7) is 6.05. The lowest BCUT2D eigenvalue weighted by Crippen LogP contribution is -2.39. The molecule has 0 aromatic heterocycles. The van der Waals surface area contributed by atoms with Gasteiger partial charge in [-0.3, -0.25) is 4.79 Å². The van der Waals surface area contributed by atoms with Gasteiger partial charge < -0.3 is 9.84 Å². The number of rotatable bonds is 3. The van der Waals surface area contributed by atoms with Crippen molar-refractivity contribution in [2.75, 3.05) is 0 Å². The Kier molecular flexibility index (Phi) is 4.00. The third-order valence-corrected chi connectivity index (χ3v) is 5.85. The fourth-order valence-corrected chi connectivity index (χ4v) is 4.12. The smallest absolute Gasteiger partial charge is 0.195 e. The van der Waals surface area contributed by atoms with Gasteiger partial charge in [0.15, 0.2) is 5.78 Å². The fraction of sp³-hybridized carbons (Fsp3) is 0.348. The van der Waals surface area contributed by atoms with Gasteiger partial charge in [0, 0.05) is 0 Å². The highest BCUT2D eigenvalue weighted by Crippen LogP contribution is 2.47. The molecule has 2 bridgehead atoms. The molecule has 3 nitrogen and oxygen atoms in total. The molecule has 1 fully saturated rings. The standard InChI is InChI=1S/C23H24O3/c1-4-23-12-11-19(26-23)21(24)20(22(23)25)18-13-17(10-7-15(18)3)16-8-5-14(2)6-9-16/h5-10,13,19,25H,4,11-12H2,1-3H3/t19-,23+/m0/s1. The number of hydrogen-bond acceptors (Lipinski definition) is 3. The molecule has 0 amide bonds. The lowest BCUT2D eigenvalue weighted by molar-refractivity contribution is -0.132. The van der Waals surface area contributed by atoms with E-state index in [-0.39, 0.29) is 11.5 Å². The first-order valence-corrected chi connectivity index (χ1v) is 9.29. The molecule has 0 aliphatic carbocycles. The Morgan fingerprint density at radius 3 is 2.50 bits per heavy atom. The highest BCUT2D eigenvalue weighted by molar-refractivity contribution is 6.25. The highest BCUT2D eigenvalue weighted by atomic mass is 16.5. The molecule has 4 rings (SSSR count). The van der Waals surface area contributed by atoms with E-state index in [1.54, 1.807) is 0 Å². The van der Waals surface area contributed by atoms with Crippen molar-refractivity contribution >= 4 is 11.4 Å². The van der Waals surface area contributed by atoms with Crippen molar-refractivity contribution < 1.29 is 14.6 Å². The molecule has 2 atom stereocenters. The van der Waals surface area contributed by atoms with Crippen molar-refractivity contribution in [1.82, 2.24) is 0 Å². The van der Waals surface area contributed by atoms with E-state index in [2.05, 4.69) is 37.3 Å². The lowest BCUT2D eigenvalue weighted by Gasteiger charge is -2.33. The maximum Gasteiger partial charge on any atom is 0.195 e. The Labute approximate surface area is 154 Å². The van der Waals surface area contributed by atoms with Crippen LogP contribution in [0.15, 0.2) is 48.2 Å². The van der Waals surface area contributed by atoms with Gasteiger partial charge in [0.05, 0.1) is 5.57 Å². The third-order valence-electron chi connectivity index (χ3n) is 5.85. The SMILES string of the molecule is CC[C@]12CC[C@H](O1)C(=O)C(c1cc(-c3ccc(C)cc3)ccc1C)=C2O. The Balaban J connectivity index is 1.87. The Morgan fingerprint density at radius 2 is 1.81 bits per heavy atom. The van der Waals surface area contributed by atoms with E-state index in [1.807, 2.05) is 26.0 Å². The Hall–Kier alpha value is -2.39. The number of hydrogen-bond donors (Lipinski definition) is 1. The molecule has 0 spiro atoms. The summed E-state index contributed by atoms with van der Waals surface area (Å²) >= 11 is 0. The monoisotopic (exact) mass is 348 g/mol. The minimum absolute atomic E-state index is 0.0896. The van der Waals surface area contributed by atoms with Crippen LogP contribution in [0.4, 0.5) is 0 Å². The number of fused-ring (bicyclic) bond motifs is 2. The van der Waals surface area contributed by atoms with Crippen molar-refractivity contribution in [3.05, 3.63) is 64.9 Å².